The number of fused-ring (bicyclic) bond motifs is 1. The number of nitrogens with one attached hydrogen (secondary N) is 1. The zero-order valence-electron chi connectivity index (χ0n) is 26.6. The quantitative estimate of drug-likeness (QED) is 0.322. The molecule has 1 aromatic carbocycles. The summed E-state index contributed by atoms with van der Waals surface area (Å²) in [6.45, 7) is 25.2. The van der Waals surface area contributed by atoms with Gasteiger partial charge in [-0.25, -0.2) is 9.48 Å². The zero-order chi connectivity index (χ0) is 30.0. The molecule has 2 heterocycles. The number of aromatic nitrogens is 2. The third-order valence-corrected chi connectivity index (χ3v) is 8.95. The number of carbonyl (C=O) groups excluding carboxylic acids is 2. The average Bonchev–Trinajstić information content (AvgIpc) is 3.20. The number of nitrogens with zero attached hydrogens (tertiary/aromatic N) is 4. The van der Waals surface area contributed by atoms with Gasteiger partial charge in [0.05, 0.1) is 16.7 Å². The minimum Gasteiger partial charge on any atom is -0.444 e. The van der Waals surface area contributed by atoms with Crippen molar-refractivity contribution >= 4 is 31.0 Å². The Balaban J connectivity index is 1.84. The Kier molecular flexibility index (Phi) is 9.79. The van der Waals surface area contributed by atoms with Crippen molar-refractivity contribution in [2.75, 3.05) is 26.2 Å². The second-order valence-corrected chi connectivity index (χ2v) is 19.7. The van der Waals surface area contributed by atoms with Crippen LogP contribution in [0, 0.1) is 6.92 Å². The van der Waals surface area contributed by atoms with E-state index in [0.717, 1.165) is 28.2 Å². The van der Waals surface area contributed by atoms with Crippen molar-refractivity contribution in [1.29, 1.82) is 0 Å². The van der Waals surface area contributed by atoms with Gasteiger partial charge < -0.3 is 19.7 Å². The van der Waals surface area contributed by atoms with Gasteiger partial charge in [-0.15, -0.1) is 0 Å². The molecular formula is C30H51N5O4Si. The summed E-state index contributed by atoms with van der Waals surface area (Å²) in [5.41, 5.74) is 1.57. The lowest BCUT2D eigenvalue weighted by Crippen LogP contribution is -2.63. The van der Waals surface area contributed by atoms with Gasteiger partial charge in [-0.05, 0) is 67.0 Å². The first kappa shape index (κ1) is 32.1. The maximum absolute atomic E-state index is 13.9. The van der Waals surface area contributed by atoms with Crippen LogP contribution in [0.5, 0.6) is 0 Å². The molecule has 0 unspecified atom stereocenters. The highest BCUT2D eigenvalue weighted by atomic mass is 28.3. The Hall–Kier alpha value is -2.43. The van der Waals surface area contributed by atoms with Crippen LogP contribution in [0.3, 0.4) is 0 Å². The summed E-state index contributed by atoms with van der Waals surface area (Å²) >= 11 is 0. The van der Waals surface area contributed by atoms with Gasteiger partial charge in [-0.3, -0.25) is 9.69 Å². The number of benzene rings is 1. The molecule has 0 saturated carbocycles. The first-order valence-corrected chi connectivity index (χ1v) is 18.2. The summed E-state index contributed by atoms with van der Waals surface area (Å²) in [5, 5.41) is 9.26. The molecular weight excluding hydrogens is 522 g/mol. The molecule has 224 valence electrons. The molecule has 9 nitrogen and oxygen atoms in total. The van der Waals surface area contributed by atoms with Gasteiger partial charge >= 0.3 is 6.09 Å². The fourth-order valence-corrected chi connectivity index (χ4v) is 5.85. The third-order valence-electron chi connectivity index (χ3n) is 7.25. The molecule has 1 fully saturated rings. The maximum atomic E-state index is 13.9. The minimum atomic E-state index is -1.20. The highest BCUT2D eigenvalue weighted by Crippen LogP contribution is 2.30. The second-order valence-electron chi connectivity index (χ2n) is 14.1. The Morgan fingerprint density at radius 1 is 1.12 bits per heavy atom. The van der Waals surface area contributed by atoms with Crippen molar-refractivity contribution in [3.63, 3.8) is 0 Å². The zero-order valence-corrected chi connectivity index (χ0v) is 27.6. The molecule has 1 aliphatic heterocycles. The molecule has 1 aromatic heterocycles. The van der Waals surface area contributed by atoms with E-state index in [1.807, 2.05) is 45.4 Å². The molecule has 2 aromatic rings. The van der Waals surface area contributed by atoms with Crippen LogP contribution in [0.15, 0.2) is 18.2 Å². The van der Waals surface area contributed by atoms with Gasteiger partial charge in [0.1, 0.15) is 18.4 Å². The number of aryl methyl sites for hydroxylation is 1. The number of rotatable bonds is 9. The van der Waals surface area contributed by atoms with Crippen LogP contribution < -0.4 is 5.32 Å². The largest absolute Gasteiger partial charge is 0.444 e. The molecule has 0 bridgehead atoms. The van der Waals surface area contributed by atoms with Crippen molar-refractivity contribution in [3.05, 3.63) is 29.5 Å². The topological polar surface area (TPSA) is 88.9 Å². The predicted molar refractivity (Wildman–Crippen MR) is 163 cm³/mol. The van der Waals surface area contributed by atoms with Crippen LogP contribution in [0.4, 0.5) is 4.79 Å². The maximum Gasteiger partial charge on any atom is 0.410 e. The molecule has 1 aliphatic rings. The van der Waals surface area contributed by atoms with E-state index in [9.17, 15) is 9.59 Å². The Morgan fingerprint density at radius 3 is 2.40 bits per heavy atom. The van der Waals surface area contributed by atoms with Crippen molar-refractivity contribution in [1.82, 2.24) is 24.9 Å². The van der Waals surface area contributed by atoms with E-state index in [-0.39, 0.29) is 24.6 Å². The third kappa shape index (κ3) is 8.07. The Bertz CT molecular complexity index is 1200. The van der Waals surface area contributed by atoms with E-state index in [0.29, 0.717) is 26.4 Å². The monoisotopic (exact) mass is 573 g/mol. The number of hydrogen-bond donors (Lipinski definition) is 1. The summed E-state index contributed by atoms with van der Waals surface area (Å²) < 4.78 is 13.6. The molecule has 0 spiro atoms. The lowest BCUT2D eigenvalue weighted by atomic mass is 9.95. The smallest absolute Gasteiger partial charge is 0.410 e. The lowest BCUT2D eigenvalue weighted by molar-refractivity contribution is -0.131. The van der Waals surface area contributed by atoms with E-state index < -0.39 is 25.3 Å². The number of hydrogen-bond acceptors (Lipinski definition) is 6. The van der Waals surface area contributed by atoms with Gasteiger partial charge in [0.2, 0.25) is 5.91 Å². The fourth-order valence-electron chi connectivity index (χ4n) is 5.09. The highest BCUT2D eigenvalue weighted by molar-refractivity contribution is 6.76. The van der Waals surface area contributed by atoms with E-state index in [1.54, 1.807) is 4.90 Å². The SMILES string of the molecule is Cc1cccc2c(C(C)(C)NC(=O)[C@@H]3CN(C(=O)OC(C)(C)C)CCN3C(C)C)nn(COCC[Si](C)(C)C)c12. The predicted octanol–water partition coefficient (Wildman–Crippen LogP) is 5.34. The Morgan fingerprint density at radius 2 is 1.80 bits per heavy atom. The summed E-state index contributed by atoms with van der Waals surface area (Å²) in [6.07, 6.45) is -0.387. The van der Waals surface area contributed by atoms with Gasteiger partial charge in [-0.2, -0.15) is 5.10 Å². The molecule has 10 heteroatoms. The number of ether oxygens (including phenoxy) is 2. The fraction of sp³-hybridized carbons (Fsp3) is 0.700. The van der Waals surface area contributed by atoms with Crippen LogP contribution in [-0.2, 0) is 26.5 Å². The van der Waals surface area contributed by atoms with Crippen LogP contribution in [0.25, 0.3) is 10.9 Å². The molecule has 3 rings (SSSR count). The van der Waals surface area contributed by atoms with E-state index in [1.165, 1.54) is 0 Å². The number of para-hydroxylation sites is 1. The van der Waals surface area contributed by atoms with Crippen molar-refractivity contribution in [2.45, 2.75) is 111 Å². The molecule has 1 atom stereocenters. The molecule has 1 saturated heterocycles. The molecule has 1 N–H and O–H groups in total. The van der Waals surface area contributed by atoms with Crippen LogP contribution in [0.1, 0.15) is 59.7 Å². The molecule has 2 amide bonds. The van der Waals surface area contributed by atoms with Gasteiger partial charge in [0.25, 0.3) is 0 Å². The van der Waals surface area contributed by atoms with Crippen molar-refractivity contribution in [3.8, 4) is 0 Å². The van der Waals surface area contributed by atoms with Gasteiger partial charge in [0, 0.05) is 45.7 Å². The second kappa shape index (κ2) is 12.2. The van der Waals surface area contributed by atoms with Crippen LogP contribution in [0.2, 0.25) is 25.7 Å². The van der Waals surface area contributed by atoms with Crippen LogP contribution >= 0.6 is 0 Å². The number of piperazine rings is 1. The van der Waals surface area contributed by atoms with E-state index in [4.69, 9.17) is 14.6 Å². The normalized spacial score (nSPS) is 17.5. The van der Waals surface area contributed by atoms with Crippen LogP contribution in [-0.4, -0.2) is 83.6 Å². The molecule has 0 aliphatic carbocycles. The summed E-state index contributed by atoms with van der Waals surface area (Å²) in [5.74, 6) is -0.131. The summed E-state index contributed by atoms with van der Waals surface area (Å²) in [7, 11) is -1.20. The first-order valence-electron chi connectivity index (χ1n) is 14.5. The number of amides is 2. The molecule has 40 heavy (non-hydrogen) atoms. The number of carbonyl (C=O) groups is 2. The Labute approximate surface area is 241 Å². The highest BCUT2D eigenvalue weighted by Gasteiger charge is 2.39. The van der Waals surface area contributed by atoms with Crippen molar-refractivity contribution < 1.29 is 19.1 Å². The minimum absolute atomic E-state index is 0.131. The van der Waals surface area contributed by atoms with Gasteiger partial charge in [0.15, 0.2) is 0 Å². The lowest BCUT2D eigenvalue weighted by Gasteiger charge is -2.43. The van der Waals surface area contributed by atoms with Crippen molar-refractivity contribution in [2.24, 2.45) is 0 Å². The van der Waals surface area contributed by atoms with Gasteiger partial charge in [-0.1, -0.05) is 37.8 Å². The summed E-state index contributed by atoms with van der Waals surface area (Å²) in [4.78, 5) is 30.5. The van der Waals surface area contributed by atoms with E-state index in [2.05, 4.69) is 62.8 Å². The average molecular weight is 574 g/mol. The standard InChI is InChI=1S/C30H51N5O4Si/c1-21(2)34-16-15-33(28(37)39-29(4,5)6)19-24(34)27(36)31-30(7,8)26-23-14-12-13-22(3)25(23)35(32-26)20-38-17-18-40(9,10)11/h12-14,21,24H,15-20H2,1-11H3,(H,31,36)/t24-/m0/s1. The summed E-state index contributed by atoms with van der Waals surface area (Å²) in [6, 6.07) is 6.90. The van der Waals surface area contributed by atoms with E-state index >= 15 is 0 Å². The molecule has 0 radical (unpaired) electrons. The first-order chi connectivity index (χ1) is 18.4.